The van der Waals surface area contributed by atoms with E-state index in [0.717, 1.165) is 40.7 Å². The van der Waals surface area contributed by atoms with Gasteiger partial charge in [0.05, 0.1) is 23.8 Å². The van der Waals surface area contributed by atoms with Crippen LogP contribution in [0.1, 0.15) is 54.9 Å². The van der Waals surface area contributed by atoms with E-state index in [9.17, 15) is 9.59 Å². The molecule has 1 fully saturated rings. The van der Waals surface area contributed by atoms with E-state index < -0.39 is 0 Å². The Morgan fingerprint density at radius 3 is 2.81 bits per heavy atom. The average Bonchev–Trinajstić information content (AvgIpc) is 3.31. The van der Waals surface area contributed by atoms with Crippen LogP contribution in [0.5, 0.6) is 0 Å². The van der Waals surface area contributed by atoms with E-state index >= 15 is 0 Å². The predicted octanol–water partition coefficient (Wildman–Crippen LogP) is 3.80. The van der Waals surface area contributed by atoms with Crippen molar-refractivity contribution in [1.29, 1.82) is 0 Å². The molecule has 2 aliphatic rings. The van der Waals surface area contributed by atoms with Gasteiger partial charge in [0, 0.05) is 41.3 Å². The predicted molar refractivity (Wildman–Crippen MR) is 120 cm³/mol. The second kappa shape index (κ2) is 7.68. The van der Waals surface area contributed by atoms with Crippen LogP contribution < -0.4 is 10.7 Å². The van der Waals surface area contributed by atoms with E-state index in [1.54, 1.807) is 18.6 Å². The smallest absolute Gasteiger partial charge is 0.272 e. The van der Waals surface area contributed by atoms with Gasteiger partial charge in [-0.2, -0.15) is 5.10 Å². The third-order valence-corrected chi connectivity index (χ3v) is 6.54. The molecule has 0 bridgehead atoms. The fraction of sp³-hybridized carbons (Fsp3) is 0.391. The lowest BCUT2D eigenvalue weighted by molar-refractivity contribution is -0.121. The lowest BCUT2D eigenvalue weighted by Gasteiger charge is -2.26. The molecule has 1 atom stereocenters. The summed E-state index contributed by atoms with van der Waals surface area (Å²) in [5.41, 5.74) is 6.75. The quantitative estimate of drug-likeness (QED) is 0.600. The van der Waals surface area contributed by atoms with Gasteiger partial charge in [0.15, 0.2) is 0 Å². The van der Waals surface area contributed by atoms with E-state index in [1.165, 1.54) is 19.3 Å². The summed E-state index contributed by atoms with van der Waals surface area (Å²) in [5.74, 6) is 0.0580. The van der Waals surface area contributed by atoms with Crippen molar-refractivity contribution in [3.63, 3.8) is 0 Å². The highest BCUT2D eigenvalue weighted by atomic mass is 16.2. The summed E-state index contributed by atoms with van der Waals surface area (Å²) in [4.78, 5) is 33.5. The molecule has 3 heterocycles. The molecule has 8 nitrogen and oxygen atoms in total. The first-order valence-electron chi connectivity index (χ1n) is 10.8. The summed E-state index contributed by atoms with van der Waals surface area (Å²) in [5, 5.41) is 7.89. The number of hydrogen-bond acceptors (Lipinski definition) is 4. The number of carbonyl (C=O) groups is 2. The number of imidazole rings is 1. The minimum atomic E-state index is -0.303. The highest BCUT2D eigenvalue weighted by molar-refractivity contribution is 6.18. The van der Waals surface area contributed by atoms with Gasteiger partial charge < -0.3 is 14.9 Å². The Balaban J connectivity index is 1.53. The molecule has 3 aromatic rings. The minimum absolute atomic E-state index is 0.000425. The number of hydrogen-bond donors (Lipinski definition) is 3. The molecule has 8 heteroatoms. The average molecular weight is 419 g/mol. The van der Waals surface area contributed by atoms with Crippen molar-refractivity contribution in [2.24, 2.45) is 24.0 Å². The number of amides is 2. The van der Waals surface area contributed by atoms with Crippen LogP contribution in [0.2, 0.25) is 0 Å². The van der Waals surface area contributed by atoms with Gasteiger partial charge in [-0.15, -0.1) is 0 Å². The van der Waals surface area contributed by atoms with E-state index in [0.29, 0.717) is 17.2 Å². The number of hydrazone groups is 1. The molecule has 0 spiro atoms. The van der Waals surface area contributed by atoms with Crippen LogP contribution in [0.4, 0.5) is 5.69 Å². The van der Waals surface area contributed by atoms with Crippen LogP contribution >= 0.6 is 0 Å². The number of aromatic amines is 1. The van der Waals surface area contributed by atoms with Gasteiger partial charge in [0.1, 0.15) is 5.69 Å². The zero-order valence-electron chi connectivity index (χ0n) is 17.7. The van der Waals surface area contributed by atoms with Crippen molar-refractivity contribution in [2.75, 3.05) is 5.32 Å². The van der Waals surface area contributed by atoms with E-state index in [2.05, 4.69) is 25.8 Å². The first-order valence-corrected chi connectivity index (χ1v) is 10.8. The summed E-state index contributed by atoms with van der Waals surface area (Å²) in [7, 11) is 1.91. The summed E-state index contributed by atoms with van der Waals surface area (Å²) >= 11 is 0. The molecule has 2 amide bonds. The largest absolute Gasteiger partial charge is 0.353 e. The maximum atomic E-state index is 12.9. The number of benzene rings is 1. The van der Waals surface area contributed by atoms with Gasteiger partial charge in [-0.05, 0) is 30.9 Å². The third kappa shape index (κ3) is 3.52. The zero-order valence-corrected chi connectivity index (χ0v) is 17.7. The fourth-order valence-corrected chi connectivity index (χ4v) is 4.80. The molecule has 1 saturated carbocycles. The zero-order chi connectivity index (χ0) is 21.5. The highest BCUT2D eigenvalue weighted by Gasteiger charge is 2.27. The topological polar surface area (TPSA) is 104 Å². The Bertz CT molecular complexity index is 1200. The number of aryl methyl sites for hydroxylation is 1. The maximum Gasteiger partial charge on any atom is 0.272 e. The normalized spacial score (nSPS) is 17.4. The molecule has 0 saturated heterocycles. The molecule has 0 radical (unpaired) electrons. The minimum Gasteiger partial charge on any atom is -0.353 e. The Morgan fingerprint density at radius 1 is 1.26 bits per heavy atom. The lowest BCUT2D eigenvalue weighted by Crippen LogP contribution is -2.28. The molecule has 3 N–H and O–H groups in total. The molecule has 160 valence electrons. The Morgan fingerprint density at radius 2 is 2.06 bits per heavy atom. The van der Waals surface area contributed by atoms with Gasteiger partial charge in [-0.3, -0.25) is 9.59 Å². The second-order valence-corrected chi connectivity index (χ2v) is 8.66. The number of nitrogens with one attached hydrogen (secondary N) is 3. The molecule has 0 unspecified atom stereocenters. The molecular weight excluding hydrogens is 392 g/mol. The van der Waals surface area contributed by atoms with Gasteiger partial charge >= 0.3 is 0 Å². The van der Waals surface area contributed by atoms with Gasteiger partial charge in [0.2, 0.25) is 5.91 Å². The van der Waals surface area contributed by atoms with Crippen LogP contribution in [-0.2, 0) is 11.8 Å². The van der Waals surface area contributed by atoms with Crippen molar-refractivity contribution in [3.05, 3.63) is 35.8 Å². The van der Waals surface area contributed by atoms with Crippen molar-refractivity contribution < 1.29 is 9.59 Å². The second-order valence-electron chi connectivity index (χ2n) is 8.66. The summed E-state index contributed by atoms with van der Waals surface area (Å²) in [6.07, 6.45) is 11.1. The standard InChI is InChI=1S/C23H26N6O2/c1-13(14-6-4-3-5-7-14)22(30)26-15-8-16-20-17(10-25-28-23(16)31)21(27-18(20)9-15)19-11-29(2)12-24-19/h8-14,27H,3-7H2,1-2H3,(H,26,30)(H,28,31)/t13-/m1/s1. The fourth-order valence-electron chi connectivity index (χ4n) is 4.80. The number of nitrogens with zero attached hydrogens (tertiary/aromatic N) is 3. The number of carbonyl (C=O) groups excluding carboxylic acids is 2. The van der Waals surface area contributed by atoms with Crippen molar-refractivity contribution >= 4 is 34.6 Å². The molecule has 1 aliphatic carbocycles. The maximum absolute atomic E-state index is 12.9. The van der Waals surface area contributed by atoms with Crippen LogP contribution in [0.3, 0.4) is 0 Å². The van der Waals surface area contributed by atoms with Crippen molar-refractivity contribution in [2.45, 2.75) is 39.0 Å². The van der Waals surface area contributed by atoms with E-state index in [4.69, 9.17) is 0 Å². The molecule has 31 heavy (non-hydrogen) atoms. The highest BCUT2D eigenvalue weighted by Crippen LogP contribution is 2.35. The summed E-state index contributed by atoms with van der Waals surface area (Å²) < 4.78 is 1.87. The SMILES string of the molecule is C[C@@H](C(=O)Nc1cc2c3c(c(-c4cn(C)cn4)[nH]c3c1)C=NNC2=O)C1CCCCC1. The van der Waals surface area contributed by atoms with Crippen LogP contribution in [0.25, 0.3) is 22.3 Å². The molecule has 5 rings (SSSR count). The van der Waals surface area contributed by atoms with Crippen molar-refractivity contribution in [1.82, 2.24) is 20.0 Å². The van der Waals surface area contributed by atoms with Crippen molar-refractivity contribution in [3.8, 4) is 11.4 Å². The van der Waals surface area contributed by atoms with E-state index in [1.807, 2.05) is 30.8 Å². The van der Waals surface area contributed by atoms with Gasteiger partial charge in [-0.25, -0.2) is 10.4 Å². The lowest BCUT2D eigenvalue weighted by atomic mass is 9.80. The summed E-state index contributed by atoms with van der Waals surface area (Å²) in [6, 6.07) is 3.62. The Labute approximate surface area is 180 Å². The first kappa shape index (κ1) is 19.5. The van der Waals surface area contributed by atoms with E-state index in [-0.39, 0.29) is 17.7 Å². The Kier molecular flexibility index (Phi) is 4.84. The molecule has 2 aromatic heterocycles. The summed E-state index contributed by atoms with van der Waals surface area (Å²) in [6.45, 7) is 2.01. The van der Waals surface area contributed by atoms with Crippen LogP contribution in [-0.4, -0.2) is 32.6 Å². The number of aromatic nitrogens is 3. The number of anilines is 1. The number of rotatable bonds is 4. The monoisotopic (exact) mass is 418 g/mol. The Hall–Kier alpha value is -3.42. The van der Waals surface area contributed by atoms with Gasteiger partial charge in [0.25, 0.3) is 5.91 Å². The molecule has 1 aliphatic heterocycles. The first-order chi connectivity index (χ1) is 15.0. The van der Waals surface area contributed by atoms with Gasteiger partial charge in [-0.1, -0.05) is 26.2 Å². The number of H-pyrrole nitrogens is 1. The third-order valence-electron chi connectivity index (χ3n) is 6.54. The van der Waals surface area contributed by atoms with Crippen LogP contribution in [0.15, 0.2) is 29.8 Å². The molecular formula is C23H26N6O2. The molecule has 1 aromatic carbocycles. The van der Waals surface area contributed by atoms with Crippen LogP contribution in [0, 0.1) is 11.8 Å².